The van der Waals surface area contributed by atoms with E-state index in [1.54, 1.807) is 0 Å². The Bertz CT molecular complexity index is 334. The Labute approximate surface area is 118 Å². The molecule has 0 aromatic heterocycles. The van der Waals surface area contributed by atoms with Crippen LogP contribution in [0.4, 0.5) is 0 Å². The van der Waals surface area contributed by atoms with Crippen LogP contribution in [0.2, 0.25) is 0 Å². The Morgan fingerprint density at radius 2 is 2.11 bits per heavy atom. The summed E-state index contributed by atoms with van der Waals surface area (Å²) in [6.45, 7) is 8.61. The van der Waals surface area contributed by atoms with Crippen molar-refractivity contribution in [2.75, 3.05) is 19.6 Å². The Kier molecular flexibility index (Phi) is 4.00. The van der Waals surface area contributed by atoms with Gasteiger partial charge in [-0.1, -0.05) is 19.1 Å². The summed E-state index contributed by atoms with van der Waals surface area (Å²) in [4.78, 5) is 2.82. The first-order valence-electron chi connectivity index (χ1n) is 8.35. The molecule has 0 aromatic rings. The van der Waals surface area contributed by atoms with Gasteiger partial charge in [0.1, 0.15) is 0 Å². The van der Waals surface area contributed by atoms with Crippen molar-refractivity contribution in [3.05, 3.63) is 12.2 Å². The second kappa shape index (κ2) is 5.57. The summed E-state index contributed by atoms with van der Waals surface area (Å²) in [5.74, 6) is 1.85. The van der Waals surface area contributed by atoms with E-state index < -0.39 is 0 Å². The predicted molar refractivity (Wildman–Crippen MR) is 81.3 cm³/mol. The molecule has 3 atom stereocenters. The van der Waals surface area contributed by atoms with Gasteiger partial charge in [0.05, 0.1) is 0 Å². The fourth-order valence-corrected chi connectivity index (χ4v) is 4.05. The molecule has 19 heavy (non-hydrogen) atoms. The fourth-order valence-electron chi connectivity index (χ4n) is 4.05. The van der Waals surface area contributed by atoms with Gasteiger partial charge in [-0.25, -0.2) is 0 Å². The van der Waals surface area contributed by atoms with Gasteiger partial charge in [-0.2, -0.15) is 0 Å². The van der Waals surface area contributed by atoms with Crippen LogP contribution in [-0.4, -0.2) is 36.1 Å². The van der Waals surface area contributed by atoms with Gasteiger partial charge < -0.3 is 5.32 Å². The molecule has 0 bridgehead atoms. The van der Waals surface area contributed by atoms with Gasteiger partial charge in [-0.05, 0) is 57.3 Å². The van der Waals surface area contributed by atoms with Crippen molar-refractivity contribution in [2.24, 2.45) is 11.8 Å². The van der Waals surface area contributed by atoms with Crippen LogP contribution in [-0.2, 0) is 0 Å². The third kappa shape index (κ3) is 3.05. The molecule has 2 fully saturated rings. The molecule has 1 N–H and O–H groups in total. The number of allylic oxidation sites excluding steroid dienone is 2. The zero-order chi connectivity index (χ0) is 13.3. The maximum Gasteiger partial charge on any atom is 0.0309 e. The molecular formula is C17H30N2. The Balaban J connectivity index is 1.63. The molecule has 3 aliphatic rings. The van der Waals surface area contributed by atoms with E-state index in [0.29, 0.717) is 5.54 Å². The Hall–Kier alpha value is -0.340. The Morgan fingerprint density at radius 1 is 1.26 bits per heavy atom. The van der Waals surface area contributed by atoms with E-state index in [2.05, 4.69) is 36.2 Å². The lowest BCUT2D eigenvalue weighted by atomic mass is 9.88. The molecule has 1 saturated carbocycles. The van der Waals surface area contributed by atoms with Crippen molar-refractivity contribution in [3.8, 4) is 0 Å². The molecular weight excluding hydrogens is 232 g/mol. The van der Waals surface area contributed by atoms with Gasteiger partial charge in [-0.15, -0.1) is 0 Å². The van der Waals surface area contributed by atoms with E-state index in [0.717, 1.165) is 17.9 Å². The van der Waals surface area contributed by atoms with Crippen molar-refractivity contribution >= 4 is 0 Å². The number of piperazine rings is 1. The van der Waals surface area contributed by atoms with Crippen molar-refractivity contribution in [1.82, 2.24) is 10.2 Å². The smallest absolute Gasteiger partial charge is 0.0309 e. The predicted octanol–water partition coefficient (Wildman–Crippen LogP) is 3.20. The maximum absolute atomic E-state index is 3.87. The zero-order valence-corrected chi connectivity index (χ0v) is 12.7. The van der Waals surface area contributed by atoms with Gasteiger partial charge in [0, 0.05) is 31.2 Å². The molecule has 108 valence electrons. The third-order valence-corrected chi connectivity index (χ3v) is 5.61. The molecule has 2 nitrogen and oxygen atoms in total. The highest BCUT2D eigenvalue weighted by Crippen LogP contribution is 2.41. The van der Waals surface area contributed by atoms with Gasteiger partial charge >= 0.3 is 0 Å². The number of nitrogens with one attached hydrogen (secondary N) is 1. The minimum absolute atomic E-state index is 0.399. The first-order valence-corrected chi connectivity index (χ1v) is 8.35. The van der Waals surface area contributed by atoms with Gasteiger partial charge in [-0.3, -0.25) is 4.90 Å². The fraction of sp³-hybridized carbons (Fsp3) is 0.882. The van der Waals surface area contributed by atoms with E-state index in [1.165, 1.54) is 58.2 Å². The van der Waals surface area contributed by atoms with Crippen LogP contribution in [0.1, 0.15) is 52.4 Å². The van der Waals surface area contributed by atoms with Crippen LogP contribution in [0.25, 0.3) is 0 Å². The van der Waals surface area contributed by atoms with Crippen LogP contribution in [0.5, 0.6) is 0 Å². The minimum atomic E-state index is 0.399. The topological polar surface area (TPSA) is 15.3 Å². The molecule has 0 spiro atoms. The largest absolute Gasteiger partial charge is 0.308 e. The maximum atomic E-state index is 3.87. The standard InChI is InChI=1S/C17H30N2/c1-3-16-11-18-17(2,15-9-10-15)13-19(16)12-14-7-5-4-6-8-14/h4-5,14-16,18H,3,6-13H2,1-2H3. The number of rotatable bonds is 4. The molecule has 3 unspecified atom stereocenters. The normalized spacial score (nSPS) is 40.5. The van der Waals surface area contributed by atoms with Crippen LogP contribution >= 0.6 is 0 Å². The van der Waals surface area contributed by atoms with Crippen LogP contribution in [0, 0.1) is 11.8 Å². The summed E-state index contributed by atoms with van der Waals surface area (Å²) in [6, 6.07) is 0.762. The lowest BCUT2D eigenvalue weighted by molar-refractivity contribution is 0.0579. The zero-order valence-electron chi connectivity index (χ0n) is 12.7. The quantitative estimate of drug-likeness (QED) is 0.783. The lowest BCUT2D eigenvalue weighted by Crippen LogP contribution is -2.64. The molecule has 1 aliphatic heterocycles. The lowest BCUT2D eigenvalue weighted by Gasteiger charge is -2.47. The molecule has 2 aliphatic carbocycles. The summed E-state index contributed by atoms with van der Waals surface area (Å²) < 4.78 is 0. The Morgan fingerprint density at radius 3 is 2.74 bits per heavy atom. The summed E-state index contributed by atoms with van der Waals surface area (Å²) in [6.07, 6.45) is 12.9. The van der Waals surface area contributed by atoms with Gasteiger partial charge in [0.15, 0.2) is 0 Å². The third-order valence-electron chi connectivity index (χ3n) is 5.61. The summed E-state index contributed by atoms with van der Waals surface area (Å²) in [5.41, 5.74) is 0.399. The number of nitrogens with zero attached hydrogens (tertiary/aromatic N) is 1. The van der Waals surface area contributed by atoms with Crippen LogP contribution in [0.3, 0.4) is 0 Å². The molecule has 2 heteroatoms. The first-order chi connectivity index (χ1) is 9.21. The van der Waals surface area contributed by atoms with Crippen molar-refractivity contribution in [1.29, 1.82) is 0 Å². The van der Waals surface area contributed by atoms with Crippen molar-refractivity contribution in [2.45, 2.75) is 64.0 Å². The molecule has 1 saturated heterocycles. The van der Waals surface area contributed by atoms with Gasteiger partial charge in [0.2, 0.25) is 0 Å². The van der Waals surface area contributed by atoms with E-state index in [4.69, 9.17) is 0 Å². The summed E-state index contributed by atoms with van der Waals surface area (Å²) >= 11 is 0. The summed E-state index contributed by atoms with van der Waals surface area (Å²) in [7, 11) is 0. The average molecular weight is 262 g/mol. The summed E-state index contributed by atoms with van der Waals surface area (Å²) in [5, 5.41) is 3.87. The monoisotopic (exact) mass is 262 g/mol. The van der Waals surface area contributed by atoms with Crippen molar-refractivity contribution in [3.63, 3.8) is 0 Å². The van der Waals surface area contributed by atoms with E-state index in [1.807, 2.05) is 0 Å². The van der Waals surface area contributed by atoms with Gasteiger partial charge in [0.25, 0.3) is 0 Å². The molecule has 0 amide bonds. The highest BCUT2D eigenvalue weighted by Gasteiger charge is 2.45. The average Bonchev–Trinajstić information content (AvgIpc) is 3.25. The van der Waals surface area contributed by atoms with E-state index >= 15 is 0 Å². The highest BCUT2D eigenvalue weighted by molar-refractivity contribution is 5.04. The second-order valence-electron chi connectivity index (χ2n) is 7.21. The number of hydrogen-bond acceptors (Lipinski definition) is 2. The second-order valence-corrected chi connectivity index (χ2v) is 7.21. The molecule has 3 rings (SSSR count). The minimum Gasteiger partial charge on any atom is -0.308 e. The van der Waals surface area contributed by atoms with Crippen LogP contribution < -0.4 is 5.32 Å². The number of hydrogen-bond donors (Lipinski definition) is 1. The SMILES string of the molecule is CCC1CNC(C)(C2CC2)CN1CC1CC=CCC1. The molecule has 1 heterocycles. The first kappa shape index (κ1) is 13.6. The highest BCUT2D eigenvalue weighted by atomic mass is 15.3. The molecule has 0 radical (unpaired) electrons. The van der Waals surface area contributed by atoms with Crippen molar-refractivity contribution < 1.29 is 0 Å². The molecule has 0 aromatic carbocycles. The van der Waals surface area contributed by atoms with E-state index in [-0.39, 0.29) is 0 Å². The van der Waals surface area contributed by atoms with Crippen LogP contribution in [0.15, 0.2) is 12.2 Å². The van der Waals surface area contributed by atoms with E-state index in [9.17, 15) is 0 Å².